The number of aryl methyl sites for hydroxylation is 1. The van der Waals surface area contributed by atoms with E-state index < -0.39 is 29.7 Å². The Kier molecular flexibility index (Phi) is 13.5. The summed E-state index contributed by atoms with van der Waals surface area (Å²) in [4.78, 5) is 61.2. The lowest BCUT2D eigenvalue weighted by Gasteiger charge is -2.19. The van der Waals surface area contributed by atoms with Gasteiger partial charge in [-0.15, -0.1) is 0 Å². The van der Waals surface area contributed by atoms with Crippen molar-refractivity contribution >= 4 is 29.5 Å². The van der Waals surface area contributed by atoms with Crippen LogP contribution in [-0.4, -0.2) is 80.6 Å². The molecular formula is C27H35N5O7. The minimum absolute atomic E-state index is 0.135. The molecule has 2 aromatic carbocycles. The van der Waals surface area contributed by atoms with Crippen molar-refractivity contribution in [3.8, 4) is 5.75 Å². The molecule has 39 heavy (non-hydrogen) atoms. The first-order valence-electron chi connectivity index (χ1n) is 12.4. The fourth-order valence-electron chi connectivity index (χ4n) is 3.38. The van der Waals surface area contributed by atoms with E-state index in [2.05, 4.69) is 26.6 Å². The maximum atomic E-state index is 12.8. The normalized spacial score (nSPS) is 11.1. The Morgan fingerprint density at radius 3 is 2.05 bits per heavy atom. The molecular weight excluding hydrogens is 506 g/mol. The number of hydrogen-bond acceptors (Lipinski definition) is 7. The van der Waals surface area contributed by atoms with Crippen LogP contribution in [0.3, 0.4) is 0 Å². The van der Waals surface area contributed by atoms with Gasteiger partial charge in [0.05, 0.1) is 26.2 Å². The summed E-state index contributed by atoms with van der Waals surface area (Å²) in [6, 6.07) is 14.5. The Hall–Kier alpha value is -4.45. The fraction of sp³-hybridized carbons (Fsp3) is 0.370. The fourth-order valence-corrected chi connectivity index (χ4v) is 3.38. The molecule has 1 atom stereocenters. The topological polar surface area (TPSA) is 175 Å². The molecule has 0 aliphatic rings. The van der Waals surface area contributed by atoms with Crippen molar-refractivity contribution in [1.82, 2.24) is 26.6 Å². The van der Waals surface area contributed by atoms with Crippen molar-refractivity contribution in [3.05, 3.63) is 65.7 Å². The third-order valence-corrected chi connectivity index (χ3v) is 5.46. The summed E-state index contributed by atoms with van der Waals surface area (Å²) < 4.78 is 4.83. The highest BCUT2D eigenvalue weighted by Crippen LogP contribution is 2.11. The number of phenols is 1. The third kappa shape index (κ3) is 13.1. The summed E-state index contributed by atoms with van der Waals surface area (Å²) in [5.74, 6) is -2.34. The standard InChI is InChI=1S/C27H35N5O7/c1-39-14-13-28-24(35)16-30-25(36)17-31-27(38)22(15-20-5-3-2-4-6-20)32-26(37)18-29-23(34)12-9-19-7-10-21(33)11-8-19/h2-8,10-11,22,33H,9,12-18H2,1H3,(H,28,35)(H,29,34)(H,30,36)(H,31,38)(H,32,37)/t22-/m0/s1. The number of phenolic OH excluding ortho intramolecular Hbond substituents is 1. The van der Waals surface area contributed by atoms with Gasteiger partial charge in [0.25, 0.3) is 0 Å². The predicted octanol–water partition coefficient (Wildman–Crippen LogP) is -0.836. The average Bonchev–Trinajstić information content (AvgIpc) is 2.93. The first kappa shape index (κ1) is 30.8. The van der Waals surface area contributed by atoms with Gasteiger partial charge in [-0.25, -0.2) is 0 Å². The molecule has 0 saturated carbocycles. The largest absolute Gasteiger partial charge is 0.508 e. The average molecular weight is 542 g/mol. The molecule has 0 heterocycles. The van der Waals surface area contributed by atoms with Gasteiger partial charge in [0.15, 0.2) is 0 Å². The lowest BCUT2D eigenvalue weighted by molar-refractivity contribution is -0.131. The number of methoxy groups -OCH3 is 1. The van der Waals surface area contributed by atoms with Gasteiger partial charge in [-0.1, -0.05) is 42.5 Å². The zero-order valence-electron chi connectivity index (χ0n) is 21.8. The molecule has 210 valence electrons. The van der Waals surface area contributed by atoms with Gasteiger partial charge >= 0.3 is 0 Å². The Labute approximate surface area is 226 Å². The van der Waals surface area contributed by atoms with Crippen LogP contribution < -0.4 is 26.6 Å². The van der Waals surface area contributed by atoms with Gasteiger partial charge in [0.1, 0.15) is 11.8 Å². The Morgan fingerprint density at radius 1 is 0.744 bits per heavy atom. The molecule has 6 N–H and O–H groups in total. The predicted molar refractivity (Wildman–Crippen MR) is 142 cm³/mol. The van der Waals surface area contributed by atoms with Crippen molar-refractivity contribution in [2.24, 2.45) is 0 Å². The van der Waals surface area contributed by atoms with Crippen LogP contribution in [0.5, 0.6) is 5.75 Å². The van der Waals surface area contributed by atoms with E-state index in [1.165, 1.54) is 19.2 Å². The van der Waals surface area contributed by atoms with Crippen molar-refractivity contribution < 1.29 is 33.8 Å². The van der Waals surface area contributed by atoms with Gasteiger partial charge < -0.3 is 36.4 Å². The highest BCUT2D eigenvalue weighted by molar-refractivity contribution is 5.93. The van der Waals surface area contributed by atoms with E-state index in [-0.39, 0.29) is 44.1 Å². The Morgan fingerprint density at radius 2 is 1.36 bits per heavy atom. The van der Waals surface area contributed by atoms with Crippen molar-refractivity contribution in [3.63, 3.8) is 0 Å². The monoisotopic (exact) mass is 541 g/mol. The van der Waals surface area contributed by atoms with Gasteiger partial charge in [0.2, 0.25) is 29.5 Å². The molecule has 0 aliphatic carbocycles. The van der Waals surface area contributed by atoms with Gasteiger partial charge in [-0.3, -0.25) is 24.0 Å². The van der Waals surface area contributed by atoms with Crippen LogP contribution in [0.1, 0.15) is 17.5 Å². The smallest absolute Gasteiger partial charge is 0.243 e. The molecule has 0 spiro atoms. The zero-order chi connectivity index (χ0) is 28.5. The summed E-state index contributed by atoms with van der Waals surface area (Å²) in [6.07, 6.45) is 0.742. The van der Waals surface area contributed by atoms with Crippen molar-refractivity contribution in [1.29, 1.82) is 0 Å². The van der Waals surface area contributed by atoms with E-state index in [4.69, 9.17) is 4.74 Å². The maximum Gasteiger partial charge on any atom is 0.243 e. The first-order valence-corrected chi connectivity index (χ1v) is 12.4. The van der Waals surface area contributed by atoms with E-state index >= 15 is 0 Å². The second-order valence-electron chi connectivity index (χ2n) is 8.59. The molecule has 2 aromatic rings. The van der Waals surface area contributed by atoms with Gasteiger partial charge in [-0.2, -0.15) is 0 Å². The summed E-state index contributed by atoms with van der Waals surface area (Å²) in [6.45, 7) is -0.324. The van der Waals surface area contributed by atoms with E-state index in [1.54, 1.807) is 36.4 Å². The van der Waals surface area contributed by atoms with Crippen molar-refractivity contribution in [2.45, 2.75) is 25.3 Å². The second kappa shape index (κ2) is 17.1. The van der Waals surface area contributed by atoms with E-state index in [1.807, 2.05) is 6.07 Å². The molecule has 0 radical (unpaired) electrons. The summed E-state index contributed by atoms with van der Waals surface area (Å²) in [5, 5.41) is 21.9. The van der Waals surface area contributed by atoms with Crippen LogP contribution in [-0.2, 0) is 41.6 Å². The van der Waals surface area contributed by atoms with Gasteiger partial charge in [-0.05, 0) is 29.7 Å². The highest BCUT2D eigenvalue weighted by Gasteiger charge is 2.22. The summed E-state index contributed by atoms with van der Waals surface area (Å²) in [5.41, 5.74) is 1.65. The molecule has 12 nitrogen and oxygen atoms in total. The number of ether oxygens (including phenoxy) is 1. The number of amides is 5. The lowest BCUT2D eigenvalue weighted by Crippen LogP contribution is -2.52. The lowest BCUT2D eigenvalue weighted by atomic mass is 10.1. The molecule has 0 unspecified atom stereocenters. The summed E-state index contributed by atoms with van der Waals surface area (Å²) in [7, 11) is 1.50. The number of carbonyl (C=O) groups excluding carboxylic acids is 5. The minimum Gasteiger partial charge on any atom is -0.508 e. The molecule has 0 fully saturated rings. The molecule has 5 amide bonds. The molecule has 0 aromatic heterocycles. The quantitative estimate of drug-likeness (QED) is 0.150. The minimum atomic E-state index is -1.00. The zero-order valence-corrected chi connectivity index (χ0v) is 21.8. The molecule has 0 aliphatic heterocycles. The molecule has 0 saturated heterocycles. The number of aromatic hydroxyl groups is 1. The highest BCUT2D eigenvalue weighted by atomic mass is 16.5. The first-order chi connectivity index (χ1) is 18.8. The number of carbonyl (C=O) groups is 5. The number of nitrogens with one attached hydrogen (secondary N) is 5. The van der Waals surface area contributed by atoms with Crippen molar-refractivity contribution in [2.75, 3.05) is 39.9 Å². The van der Waals surface area contributed by atoms with E-state index in [9.17, 15) is 29.1 Å². The van der Waals surface area contributed by atoms with E-state index in [0.29, 0.717) is 19.6 Å². The van der Waals surface area contributed by atoms with Crippen LogP contribution in [0.4, 0.5) is 0 Å². The van der Waals surface area contributed by atoms with Crippen LogP contribution in [0.2, 0.25) is 0 Å². The van der Waals surface area contributed by atoms with Gasteiger partial charge in [0, 0.05) is 26.5 Å². The van der Waals surface area contributed by atoms with Crippen LogP contribution in [0.15, 0.2) is 54.6 Å². The summed E-state index contributed by atoms with van der Waals surface area (Å²) >= 11 is 0. The third-order valence-electron chi connectivity index (χ3n) is 5.46. The second-order valence-corrected chi connectivity index (χ2v) is 8.59. The van der Waals surface area contributed by atoms with Crippen LogP contribution in [0, 0.1) is 0 Å². The number of hydrogen-bond donors (Lipinski definition) is 6. The number of rotatable bonds is 16. The molecule has 12 heteroatoms. The maximum absolute atomic E-state index is 12.8. The van der Waals surface area contributed by atoms with Crippen LogP contribution >= 0.6 is 0 Å². The SMILES string of the molecule is COCCNC(=O)CNC(=O)CNC(=O)[C@H](Cc1ccccc1)NC(=O)CNC(=O)CCc1ccc(O)cc1. The van der Waals surface area contributed by atoms with Crippen LogP contribution in [0.25, 0.3) is 0 Å². The Balaban J connectivity index is 1.82. The number of benzene rings is 2. The Bertz CT molecular complexity index is 1090. The molecule has 2 rings (SSSR count). The molecule has 0 bridgehead atoms. The van der Waals surface area contributed by atoms with E-state index in [0.717, 1.165) is 11.1 Å².